The summed E-state index contributed by atoms with van der Waals surface area (Å²) < 4.78 is 1.94. The zero-order valence-electron chi connectivity index (χ0n) is 18.8. The Morgan fingerprint density at radius 1 is 1.03 bits per heavy atom. The SMILES string of the molecule is Cc1cc(C(=O)O)ccc1-n1c(C)cc(/C=C2\C(=O)NC(=S)N(c3ccc(Cl)c(Cl)c3)C2=O)c1C. The van der Waals surface area contributed by atoms with Crippen LogP contribution in [-0.2, 0) is 9.59 Å². The van der Waals surface area contributed by atoms with Gasteiger partial charge in [-0.05, 0) is 92.7 Å². The smallest absolute Gasteiger partial charge is 0.335 e. The predicted octanol–water partition coefficient (Wildman–Crippen LogP) is 5.24. The molecule has 0 unspecified atom stereocenters. The number of benzene rings is 2. The first kappa shape index (κ1) is 24.7. The van der Waals surface area contributed by atoms with Gasteiger partial charge in [-0.1, -0.05) is 23.2 Å². The molecule has 4 rings (SSSR count). The number of hydrogen-bond donors (Lipinski definition) is 2. The molecule has 0 saturated carbocycles. The maximum absolute atomic E-state index is 13.3. The Morgan fingerprint density at radius 2 is 1.74 bits per heavy atom. The van der Waals surface area contributed by atoms with Crippen LogP contribution in [0.15, 0.2) is 48.0 Å². The van der Waals surface area contributed by atoms with Crippen molar-refractivity contribution >= 4 is 70.1 Å². The number of carboxylic acids is 1. The summed E-state index contributed by atoms with van der Waals surface area (Å²) >= 11 is 17.3. The number of rotatable bonds is 4. The first-order valence-corrected chi connectivity index (χ1v) is 11.6. The van der Waals surface area contributed by atoms with Crippen LogP contribution in [0.4, 0.5) is 5.69 Å². The van der Waals surface area contributed by atoms with Gasteiger partial charge in [-0.25, -0.2) is 4.79 Å². The Hall–Kier alpha value is -3.46. The van der Waals surface area contributed by atoms with Gasteiger partial charge in [0, 0.05) is 17.1 Å². The van der Waals surface area contributed by atoms with E-state index >= 15 is 0 Å². The van der Waals surface area contributed by atoms with E-state index in [1.165, 1.54) is 23.1 Å². The number of hydrogen-bond acceptors (Lipinski definition) is 4. The fraction of sp³-hybridized carbons (Fsp3) is 0.120. The molecule has 178 valence electrons. The highest BCUT2D eigenvalue weighted by Gasteiger charge is 2.35. The summed E-state index contributed by atoms with van der Waals surface area (Å²) in [5, 5.41) is 12.3. The molecule has 1 saturated heterocycles. The summed E-state index contributed by atoms with van der Waals surface area (Å²) in [5.74, 6) is -2.20. The number of carboxylic acid groups (broad SMARTS) is 1. The van der Waals surface area contributed by atoms with Crippen LogP contribution in [0.3, 0.4) is 0 Å². The molecule has 7 nitrogen and oxygen atoms in total. The van der Waals surface area contributed by atoms with Gasteiger partial charge >= 0.3 is 5.97 Å². The Balaban J connectivity index is 1.77. The summed E-state index contributed by atoms with van der Waals surface area (Å²) in [6.07, 6.45) is 1.52. The van der Waals surface area contributed by atoms with Crippen molar-refractivity contribution in [1.82, 2.24) is 9.88 Å². The maximum atomic E-state index is 13.3. The van der Waals surface area contributed by atoms with E-state index in [2.05, 4.69) is 5.32 Å². The van der Waals surface area contributed by atoms with Crippen LogP contribution in [0.25, 0.3) is 11.8 Å². The lowest BCUT2D eigenvalue weighted by atomic mass is 10.1. The molecule has 2 N–H and O–H groups in total. The quantitative estimate of drug-likeness (QED) is 0.275. The lowest BCUT2D eigenvalue weighted by molar-refractivity contribution is -0.122. The lowest BCUT2D eigenvalue weighted by Gasteiger charge is -2.29. The van der Waals surface area contributed by atoms with Crippen LogP contribution in [0.2, 0.25) is 10.0 Å². The zero-order valence-corrected chi connectivity index (χ0v) is 21.2. The van der Waals surface area contributed by atoms with Crippen LogP contribution in [-0.4, -0.2) is 32.6 Å². The molecule has 2 aromatic carbocycles. The minimum Gasteiger partial charge on any atom is -0.478 e. The van der Waals surface area contributed by atoms with Gasteiger partial charge in [0.05, 0.1) is 21.3 Å². The number of nitrogens with zero attached hydrogens (tertiary/aromatic N) is 2. The van der Waals surface area contributed by atoms with Gasteiger partial charge < -0.3 is 9.67 Å². The molecule has 35 heavy (non-hydrogen) atoms. The third-order valence-corrected chi connectivity index (χ3v) is 6.74. The van der Waals surface area contributed by atoms with E-state index < -0.39 is 17.8 Å². The highest BCUT2D eigenvalue weighted by atomic mass is 35.5. The Kier molecular flexibility index (Phi) is 6.55. The van der Waals surface area contributed by atoms with E-state index in [0.29, 0.717) is 16.3 Å². The first-order chi connectivity index (χ1) is 16.5. The number of carbonyl (C=O) groups excluding carboxylic acids is 2. The molecule has 10 heteroatoms. The Labute approximate surface area is 216 Å². The van der Waals surface area contributed by atoms with Crippen molar-refractivity contribution in [3.05, 3.63) is 86.2 Å². The standard InChI is InChI=1S/C25H19Cl2N3O4S/c1-12-8-15(24(33)34)4-7-21(12)29-13(2)9-16(14(29)3)10-18-22(31)28-25(35)30(23(18)32)17-5-6-19(26)20(27)11-17/h4-11H,1-3H3,(H,33,34)(H,28,31,35)/b18-10+. The monoisotopic (exact) mass is 527 g/mol. The van der Waals surface area contributed by atoms with Crippen molar-refractivity contribution in [3.63, 3.8) is 0 Å². The third-order valence-electron chi connectivity index (χ3n) is 5.72. The fourth-order valence-corrected chi connectivity index (χ4v) is 4.59. The minimum absolute atomic E-state index is 0.0600. The van der Waals surface area contributed by atoms with Gasteiger partial charge in [0.25, 0.3) is 11.8 Å². The number of carbonyl (C=O) groups is 3. The summed E-state index contributed by atoms with van der Waals surface area (Å²) in [4.78, 5) is 38.6. The van der Waals surface area contributed by atoms with Gasteiger partial charge in [0.2, 0.25) is 0 Å². The normalized spacial score (nSPS) is 15.1. The fourth-order valence-electron chi connectivity index (χ4n) is 4.02. The second-order valence-corrected chi connectivity index (χ2v) is 9.23. The predicted molar refractivity (Wildman–Crippen MR) is 140 cm³/mol. The first-order valence-electron chi connectivity index (χ1n) is 10.4. The number of aromatic carboxylic acids is 1. The van der Waals surface area contributed by atoms with Gasteiger partial charge in [-0.2, -0.15) is 0 Å². The molecule has 2 amide bonds. The molecule has 0 aliphatic carbocycles. The van der Waals surface area contributed by atoms with E-state index in [4.69, 9.17) is 35.4 Å². The van der Waals surface area contributed by atoms with Crippen LogP contribution in [0.1, 0.15) is 32.9 Å². The number of aryl methyl sites for hydroxylation is 2. The van der Waals surface area contributed by atoms with E-state index in [0.717, 1.165) is 22.6 Å². The van der Waals surface area contributed by atoms with Gasteiger partial charge in [-0.15, -0.1) is 0 Å². The average molecular weight is 528 g/mol. The maximum Gasteiger partial charge on any atom is 0.335 e. The zero-order chi connectivity index (χ0) is 25.6. The average Bonchev–Trinajstić information content (AvgIpc) is 3.06. The topological polar surface area (TPSA) is 91.6 Å². The second kappa shape index (κ2) is 9.30. The summed E-state index contributed by atoms with van der Waals surface area (Å²) in [6.45, 7) is 5.57. The van der Waals surface area contributed by atoms with Gasteiger partial charge in [0.1, 0.15) is 5.57 Å². The number of aromatic nitrogens is 1. The highest BCUT2D eigenvalue weighted by Crippen LogP contribution is 2.31. The molecule has 0 bridgehead atoms. The van der Waals surface area contributed by atoms with Crippen molar-refractivity contribution < 1.29 is 19.5 Å². The van der Waals surface area contributed by atoms with Crippen LogP contribution in [0.5, 0.6) is 0 Å². The molecular formula is C25H19Cl2N3O4S. The molecule has 0 atom stereocenters. The Bertz CT molecular complexity index is 1480. The lowest BCUT2D eigenvalue weighted by Crippen LogP contribution is -2.54. The van der Waals surface area contributed by atoms with Crippen LogP contribution in [0, 0.1) is 20.8 Å². The van der Waals surface area contributed by atoms with Gasteiger partial charge in [0.15, 0.2) is 5.11 Å². The van der Waals surface area contributed by atoms with E-state index in [-0.39, 0.29) is 21.3 Å². The van der Waals surface area contributed by atoms with E-state index in [1.54, 1.807) is 24.3 Å². The molecule has 2 heterocycles. The minimum atomic E-state index is -1.00. The molecule has 0 radical (unpaired) electrons. The van der Waals surface area contributed by atoms with E-state index in [1.807, 2.05) is 31.4 Å². The van der Waals surface area contributed by atoms with Crippen molar-refractivity contribution in [2.45, 2.75) is 20.8 Å². The van der Waals surface area contributed by atoms with Crippen molar-refractivity contribution in [2.24, 2.45) is 0 Å². The molecule has 1 aromatic heterocycles. The number of thiocarbonyl (C=S) groups is 1. The van der Waals surface area contributed by atoms with E-state index in [9.17, 15) is 19.5 Å². The summed E-state index contributed by atoms with van der Waals surface area (Å²) in [6, 6.07) is 11.4. The Morgan fingerprint density at radius 3 is 2.37 bits per heavy atom. The van der Waals surface area contributed by atoms with Crippen molar-refractivity contribution in [3.8, 4) is 5.69 Å². The third kappa shape index (κ3) is 4.48. The molecule has 3 aromatic rings. The van der Waals surface area contributed by atoms with Crippen molar-refractivity contribution in [2.75, 3.05) is 4.90 Å². The molecular weight excluding hydrogens is 509 g/mol. The number of anilines is 1. The van der Waals surface area contributed by atoms with Crippen LogP contribution >= 0.6 is 35.4 Å². The molecule has 1 aliphatic heterocycles. The number of amides is 2. The number of halogens is 2. The highest BCUT2D eigenvalue weighted by molar-refractivity contribution is 7.80. The molecule has 1 aliphatic rings. The molecule has 1 fully saturated rings. The van der Waals surface area contributed by atoms with Crippen LogP contribution < -0.4 is 10.2 Å². The summed E-state index contributed by atoms with van der Waals surface area (Å²) in [7, 11) is 0. The second-order valence-electron chi connectivity index (χ2n) is 8.02. The summed E-state index contributed by atoms with van der Waals surface area (Å²) in [5.41, 5.74) is 4.32. The van der Waals surface area contributed by atoms with Gasteiger partial charge in [-0.3, -0.25) is 19.8 Å². The molecule has 0 spiro atoms. The largest absolute Gasteiger partial charge is 0.478 e. The number of nitrogens with one attached hydrogen (secondary N) is 1. The van der Waals surface area contributed by atoms with Crippen molar-refractivity contribution in [1.29, 1.82) is 0 Å².